The third kappa shape index (κ3) is 4.82. The van der Waals surface area contributed by atoms with Crippen molar-refractivity contribution in [1.29, 1.82) is 0 Å². The van der Waals surface area contributed by atoms with Crippen LogP contribution in [0, 0.1) is 0 Å². The molecule has 1 fully saturated rings. The zero-order valence-electron chi connectivity index (χ0n) is 12.9. The van der Waals surface area contributed by atoms with E-state index in [2.05, 4.69) is 34.4 Å². The molecule has 0 spiro atoms. The third-order valence-corrected chi connectivity index (χ3v) is 4.76. The molecule has 3 rings (SSSR count). The van der Waals surface area contributed by atoms with Crippen molar-refractivity contribution in [3.8, 4) is 0 Å². The minimum absolute atomic E-state index is 0.0584. The molecule has 0 aliphatic carbocycles. The molecule has 3 N–H and O–H groups in total. The number of rotatable bonds is 6. The van der Waals surface area contributed by atoms with E-state index in [-0.39, 0.29) is 5.91 Å². The van der Waals surface area contributed by atoms with E-state index in [1.165, 1.54) is 10.5 Å². The maximum atomic E-state index is 12.1. The number of nitrogens with one attached hydrogen (secondary N) is 3. The van der Waals surface area contributed by atoms with E-state index in [9.17, 15) is 4.79 Å². The highest BCUT2D eigenvalue weighted by Crippen LogP contribution is 2.22. The quantitative estimate of drug-likeness (QED) is 0.712. The van der Waals surface area contributed by atoms with Crippen molar-refractivity contribution in [3.63, 3.8) is 0 Å². The second-order valence-corrected chi connectivity index (χ2v) is 6.67. The molecule has 2 aromatic rings. The van der Waals surface area contributed by atoms with Gasteiger partial charge >= 0.3 is 0 Å². The van der Waals surface area contributed by atoms with Gasteiger partial charge in [0.25, 0.3) is 0 Å². The normalized spacial score (nSPS) is 17.1. The molecular weight excluding hydrogens is 306 g/mol. The number of anilines is 1. The van der Waals surface area contributed by atoms with Crippen LogP contribution >= 0.6 is 11.8 Å². The first-order chi connectivity index (χ1) is 11.3. The summed E-state index contributed by atoms with van der Waals surface area (Å²) < 4.78 is 0. The van der Waals surface area contributed by atoms with E-state index < -0.39 is 0 Å². The number of carbonyl (C=O) groups excluding carboxylic acids is 1. The van der Waals surface area contributed by atoms with Crippen molar-refractivity contribution in [1.82, 2.24) is 10.9 Å². The standard InChI is InChI=1S/C18H21N3OS/c22-18(10-12-23-16-7-2-1-3-8-16)20-15-6-4-5-14(13-15)17-9-11-19-21-17/h1-8,13,17,19,21H,9-12H2,(H,20,22). The van der Waals surface area contributed by atoms with Crippen molar-refractivity contribution in [2.24, 2.45) is 0 Å². The Hall–Kier alpha value is -1.82. The van der Waals surface area contributed by atoms with Crippen LogP contribution in [-0.2, 0) is 4.79 Å². The number of thioether (sulfide) groups is 1. The molecule has 5 heteroatoms. The van der Waals surface area contributed by atoms with Crippen molar-refractivity contribution in [2.75, 3.05) is 17.6 Å². The largest absolute Gasteiger partial charge is 0.326 e. The van der Waals surface area contributed by atoms with Crippen LogP contribution in [0.3, 0.4) is 0 Å². The van der Waals surface area contributed by atoms with Gasteiger partial charge in [-0.05, 0) is 36.2 Å². The lowest BCUT2D eigenvalue weighted by molar-refractivity contribution is -0.115. The number of hydrazine groups is 1. The highest BCUT2D eigenvalue weighted by Gasteiger charge is 2.16. The molecule has 0 aromatic heterocycles. The molecule has 4 nitrogen and oxygen atoms in total. The lowest BCUT2D eigenvalue weighted by atomic mass is 10.0. The van der Waals surface area contributed by atoms with Gasteiger partial charge < -0.3 is 5.32 Å². The predicted molar refractivity (Wildman–Crippen MR) is 95.4 cm³/mol. The zero-order chi connectivity index (χ0) is 15.9. The van der Waals surface area contributed by atoms with Crippen molar-refractivity contribution < 1.29 is 4.79 Å². The molecule has 1 aliphatic rings. The fourth-order valence-electron chi connectivity index (χ4n) is 2.57. The van der Waals surface area contributed by atoms with Gasteiger partial charge in [0.2, 0.25) is 5.91 Å². The highest BCUT2D eigenvalue weighted by atomic mass is 32.2. The number of benzene rings is 2. The average molecular weight is 327 g/mol. The van der Waals surface area contributed by atoms with Crippen LogP contribution in [0.15, 0.2) is 59.5 Å². The molecule has 1 amide bonds. The summed E-state index contributed by atoms with van der Waals surface area (Å²) in [5.74, 6) is 0.840. The topological polar surface area (TPSA) is 53.2 Å². The Bertz CT molecular complexity index is 642. The Labute approximate surface area is 141 Å². The summed E-state index contributed by atoms with van der Waals surface area (Å²) in [6, 6.07) is 18.5. The zero-order valence-corrected chi connectivity index (χ0v) is 13.7. The smallest absolute Gasteiger partial charge is 0.225 e. The second-order valence-electron chi connectivity index (χ2n) is 5.50. The maximum absolute atomic E-state index is 12.1. The van der Waals surface area contributed by atoms with Gasteiger partial charge in [-0.25, -0.2) is 0 Å². The molecule has 2 aromatic carbocycles. The predicted octanol–water partition coefficient (Wildman–Crippen LogP) is 3.35. The molecule has 1 aliphatic heterocycles. The first kappa shape index (κ1) is 16.1. The SMILES string of the molecule is O=C(CCSc1ccccc1)Nc1cccc(C2CCNN2)c1. The monoisotopic (exact) mass is 327 g/mol. The van der Waals surface area contributed by atoms with Crippen LogP contribution in [0.2, 0.25) is 0 Å². The van der Waals surface area contributed by atoms with Gasteiger partial charge in [-0.2, -0.15) is 0 Å². The van der Waals surface area contributed by atoms with Gasteiger partial charge in [0.05, 0.1) is 0 Å². The maximum Gasteiger partial charge on any atom is 0.225 e. The molecular formula is C18H21N3OS. The highest BCUT2D eigenvalue weighted by molar-refractivity contribution is 7.99. The first-order valence-corrected chi connectivity index (χ1v) is 8.86. The number of amides is 1. The Kier molecular flexibility index (Phi) is 5.69. The van der Waals surface area contributed by atoms with E-state index in [0.29, 0.717) is 12.5 Å². The number of carbonyl (C=O) groups is 1. The van der Waals surface area contributed by atoms with E-state index in [1.54, 1.807) is 11.8 Å². The van der Waals surface area contributed by atoms with Crippen molar-refractivity contribution in [2.45, 2.75) is 23.8 Å². The number of hydrogen-bond acceptors (Lipinski definition) is 4. The fourth-order valence-corrected chi connectivity index (χ4v) is 3.44. The van der Waals surface area contributed by atoms with Crippen molar-refractivity contribution >= 4 is 23.4 Å². The minimum Gasteiger partial charge on any atom is -0.326 e. The van der Waals surface area contributed by atoms with Gasteiger partial charge in [-0.3, -0.25) is 15.6 Å². The van der Waals surface area contributed by atoms with Gasteiger partial charge in [0.15, 0.2) is 0 Å². The lowest BCUT2D eigenvalue weighted by Crippen LogP contribution is -2.24. The van der Waals surface area contributed by atoms with E-state index in [1.807, 2.05) is 36.4 Å². The van der Waals surface area contributed by atoms with Gasteiger partial charge in [0.1, 0.15) is 0 Å². The summed E-state index contributed by atoms with van der Waals surface area (Å²) in [5, 5.41) is 2.99. The Balaban J connectivity index is 1.48. The van der Waals surface area contributed by atoms with Crippen LogP contribution < -0.4 is 16.2 Å². The Morgan fingerprint density at radius 3 is 2.83 bits per heavy atom. The summed E-state index contributed by atoms with van der Waals surface area (Å²) in [7, 11) is 0. The summed E-state index contributed by atoms with van der Waals surface area (Å²) in [4.78, 5) is 13.3. The Morgan fingerprint density at radius 1 is 1.17 bits per heavy atom. The molecule has 1 atom stereocenters. The molecule has 1 saturated heterocycles. The fraction of sp³-hybridized carbons (Fsp3) is 0.278. The van der Waals surface area contributed by atoms with E-state index >= 15 is 0 Å². The van der Waals surface area contributed by atoms with Crippen LogP contribution in [-0.4, -0.2) is 18.2 Å². The van der Waals surface area contributed by atoms with Gasteiger partial charge in [-0.1, -0.05) is 30.3 Å². The number of hydrogen-bond donors (Lipinski definition) is 3. The summed E-state index contributed by atoms with van der Waals surface area (Å²) in [6.45, 7) is 0.970. The average Bonchev–Trinajstić information content (AvgIpc) is 3.11. The van der Waals surface area contributed by atoms with Crippen LogP contribution in [0.1, 0.15) is 24.4 Å². The van der Waals surface area contributed by atoms with Gasteiger partial charge in [0, 0.05) is 35.3 Å². The molecule has 0 radical (unpaired) electrons. The van der Waals surface area contributed by atoms with Gasteiger partial charge in [-0.15, -0.1) is 11.8 Å². The first-order valence-electron chi connectivity index (χ1n) is 7.87. The molecule has 1 unspecified atom stereocenters. The summed E-state index contributed by atoms with van der Waals surface area (Å²) in [5.41, 5.74) is 8.44. The molecule has 0 bridgehead atoms. The molecule has 1 heterocycles. The molecule has 23 heavy (non-hydrogen) atoms. The lowest BCUT2D eigenvalue weighted by Gasteiger charge is -2.12. The van der Waals surface area contributed by atoms with Crippen LogP contribution in [0.4, 0.5) is 5.69 Å². The third-order valence-electron chi connectivity index (χ3n) is 3.75. The van der Waals surface area contributed by atoms with Crippen LogP contribution in [0.25, 0.3) is 0 Å². The Morgan fingerprint density at radius 2 is 2.04 bits per heavy atom. The van der Waals surface area contributed by atoms with Crippen molar-refractivity contribution in [3.05, 3.63) is 60.2 Å². The summed E-state index contributed by atoms with van der Waals surface area (Å²) >= 11 is 1.70. The second kappa shape index (κ2) is 8.15. The molecule has 120 valence electrons. The minimum atomic E-state index is 0.0584. The van der Waals surface area contributed by atoms with E-state index in [4.69, 9.17) is 0 Å². The molecule has 0 saturated carbocycles. The van der Waals surface area contributed by atoms with E-state index in [0.717, 1.165) is 24.4 Å². The summed E-state index contributed by atoms with van der Waals surface area (Å²) in [6.07, 6.45) is 1.57. The van der Waals surface area contributed by atoms with Crippen LogP contribution in [0.5, 0.6) is 0 Å².